The molecule has 34 heavy (non-hydrogen) atoms. The lowest BCUT2D eigenvalue weighted by atomic mass is 9.99. The van der Waals surface area contributed by atoms with Crippen molar-refractivity contribution in [3.05, 3.63) is 46.1 Å². The van der Waals surface area contributed by atoms with E-state index in [4.69, 9.17) is 11.6 Å². The number of piperidine rings is 1. The summed E-state index contributed by atoms with van der Waals surface area (Å²) in [4.78, 5) is 31.6. The molecule has 1 unspecified atom stereocenters. The first-order chi connectivity index (χ1) is 16.1. The van der Waals surface area contributed by atoms with Crippen LogP contribution in [-0.4, -0.2) is 75.5 Å². The van der Waals surface area contributed by atoms with E-state index in [2.05, 4.69) is 19.9 Å². The fraction of sp³-hybridized carbons (Fsp3) is 0.565. The molecule has 2 aromatic rings. The topological polar surface area (TPSA) is 65.5 Å². The lowest BCUT2D eigenvalue weighted by Crippen LogP contribution is -2.57. The van der Waals surface area contributed by atoms with Crippen LogP contribution in [0.2, 0.25) is 5.02 Å². The first kappa shape index (κ1) is 24.7. The summed E-state index contributed by atoms with van der Waals surface area (Å²) in [6, 6.07) is 1.33. The van der Waals surface area contributed by atoms with Crippen molar-refractivity contribution in [2.24, 2.45) is 0 Å². The summed E-state index contributed by atoms with van der Waals surface area (Å²) < 4.78 is 38.8. The van der Waals surface area contributed by atoms with E-state index in [-0.39, 0.29) is 17.0 Å². The predicted molar refractivity (Wildman–Crippen MR) is 123 cm³/mol. The number of rotatable bonds is 3. The molecule has 7 nitrogen and oxygen atoms in total. The third-order valence-electron chi connectivity index (χ3n) is 6.79. The van der Waals surface area contributed by atoms with Gasteiger partial charge in [-0.25, -0.2) is 15.0 Å². The molecule has 0 aromatic carbocycles. The number of anilines is 1. The van der Waals surface area contributed by atoms with E-state index in [9.17, 15) is 18.0 Å². The number of halogens is 4. The molecule has 0 N–H and O–H groups in total. The van der Waals surface area contributed by atoms with Crippen LogP contribution in [0.15, 0.2) is 18.6 Å². The first-order valence-electron chi connectivity index (χ1n) is 11.4. The number of piperazine rings is 1. The minimum absolute atomic E-state index is 0.0115. The van der Waals surface area contributed by atoms with Crippen LogP contribution in [-0.2, 0) is 6.18 Å². The molecule has 2 saturated heterocycles. The summed E-state index contributed by atoms with van der Waals surface area (Å²) in [5.41, 5.74) is 1.13. The van der Waals surface area contributed by atoms with Gasteiger partial charge in [0, 0.05) is 51.0 Å². The van der Waals surface area contributed by atoms with Crippen molar-refractivity contribution < 1.29 is 18.0 Å². The Morgan fingerprint density at radius 3 is 2.26 bits per heavy atom. The van der Waals surface area contributed by atoms with Crippen LogP contribution in [0, 0.1) is 13.8 Å². The maximum absolute atomic E-state index is 13.0. The highest BCUT2D eigenvalue weighted by Crippen LogP contribution is 2.35. The smallest absolute Gasteiger partial charge is 0.350 e. The van der Waals surface area contributed by atoms with Gasteiger partial charge in [-0.15, -0.1) is 0 Å². The highest BCUT2D eigenvalue weighted by Gasteiger charge is 2.35. The largest absolute Gasteiger partial charge is 0.417 e. The highest BCUT2D eigenvalue weighted by molar-refractivity contribution is 6.33. The van der Waals surface area contributed by atoms with Crippen molar-refractivity contribution >= 4 is 23.3 Å². The average Bonchev–Trinajstić information content (AvgIpc) is 2.78. The summed E-state index contributed by atoms with van der Waals surface area (Å²) in [5, 5.41) is 0.0115. The Balaban J connectivity index is 1.36. The van der Waals surface area contributed by atoms with Gasteiger partial charge in [-0.05, 0) is 39.7 Å². The van der Waals surface area contributed by atoms with E-state index in [1.165, 1.54) is 6.33 Å². The van der Waals surface area contributed by atoms with E-state index in [1.54, 1.807) is 0 Å². The SMILES string of the molecule is Cc1ncnc(C)c1C(=O)N1CCC(N2CCN(c3ncc(C(F)(F)F)cc3Cl)C(C)C2)CC1. The zero-order chi connectivity index (χ0) is 24.6. The summed E-state index contributed by atoms with van der Waals surface area (Å²) in [5.74, 6) is 0.369. The van der Waals surface area contributed by atoms with Crippen molar-refractivity contribution in [2.45, 2.75) is 51.9 Å². The molecular weight excluding hydrogens is 469 g/mol. The minimum Gasteiger partial charge on any atom is -0.350 e. The van der Waals surface area contributed by atoms with Gasteiger partial charge in [0.2, 0.25) is 0 Å². The van der Waals surface area contributed by atoms with Gasteiger partial charge >= 0.3 is 6.18 Å². The molecule has 0 radical (unpaired) electrons. The number of aryl methyl sites for hydroxylation is 2. The number of hydrogen-bond acceptors (Lipinski definition) is 6. The number of carbonyl (C=O) groups excluding carboxylic acids is 1. The number of pyridine rings is 1. The lowest BCUT2D eigenvalue weighted by molar-refractivity contribution is -0.137. The standard InChI is InChI=1S/C23H28ClF3N6O/c1-14-12-32(8-9-33(14)21-19(24)10-17(11-28-21)23(25,26)27)18-4-6-31(7-5-18)22(34)20-15(2)29-13-30-16(20)3/h10-11,13-14,18H,4-9,12H2,1-3H3. The zero-order valence-corrected chi connectivity index (χ0v) is 20.2. The zero-order valence-electron chi connectivity index (χ0n) is 19.4. The monoisotopic (exact) mass is 496 g/mol. The van der Waals surface area contributed by atoms with Gasteiger partial charge in [0.15, 0.2) is 0 Å². The number of likely N-dealkylation sites (tertiary alicyclic amines) is 1. The van der Waals surface area contributed by atoms with Crippen LogP contribution < -0.4 is 4.90 Å². The highest BCUT2D eigenvalue weighted by atomic mass is 35.5. The molecule has 0 bridgehead atoms. The second kappa shape index (κ2) is 9.65. The Bertz CT molecular complexity index is 1040. The Kier molecular flexibility index (Phi) is 7.00. The van der Waals surface area contributed by atoms with E-state index in [1.807, 2.05) is 30.6 Å². The Morgan fingerprint density at radius 2 is 1.71 bits per heavy atom. The van der Waals surface area contributed by atoms with Crippen molar-refractivity contribution in [1.29, 1.82) is 0 Å². The Morgan fingerprint density at radius 1 is 1.06 bits per heavy atom. The molecule has 4 rings (SSSR count). The molecule has 0 spiro atoms. The lowest BCUT2D eigenvalue weighted by Gasteiger charge is -2.46. The molecule has 1 amide bonds. The Hall–Kier alpha value is -2.46. The predicted octanol–water partition coefficient (Wildman–Crippen LogP) is 3.98. The van der Waals surface area contributed by atoms with Gasteiger partial charge < -0.3 is 9.80 Å². The molecule has 2 aromatic heterocycles. The fourth-order valence-electron chi connectivity index (χ4n) is 4.92. The number of nitrogens with zero attached hydrogens (tertiary/aromatic N) is 6. The average molecular weight is 497 g/mol. The summed E-state index contributed by atoms with van der Waals surface area (Å²) in [6.45, 7) is 9.14. The second-order valence-corrected chi connectivity index (χ2v) is 9.41. The van der Waals surface area contributed by atoms with E-state index >= 15 is 0 Å². The molecular formula is C23H28ClF3N6O. The molecule has 11 heteroatoms. The molecule has 1 atom stereocenters. The van der Waals surface area contributed by atoms with Gasteiger partial charge in [-0.1, -0.05) is 11.6 Å². The van der Waals surface area contributed by atoms with Gasteiger partial charge in [-0.2, -0.15) is 13.2 Å². The van der Waals surface area contributed by atoms with Crippen LogP contribution in [0.3, 0.4) is 0 Å². The van der Waals surface area contributed by atoms with E-state index < -0.39 is 11.7 Å². The molecule has 2 aliphatic rings. The first-order valence-corrected chi connectivity index (χ1v) is 11.7. The molecule has 0 saturated carbocycles. The molecule has 2 fully saturated rings. The number of aromatic nitrogens is 3. The van der Waals surface area contributed by atoms with Gasteiger partial charge in [-0.3, -0.25) is 9.69 Å². The summed E-state index contributed by atoms with van der Waals surface area (Å²) >= 11 is 6.17. The fourth-order valence-corrected chi connectivity index (χ4v) is 5.20. The summed E-state index contributed by atoms with van der Waals surface area (Å²) in [7, 11) is 0. The van der Waals surface area contributed by atoms with Crippen LogP contribution >= 0.6 is 11.6 Å². The van der Waals surface area contributed by atoms with Gasteiger partial charge in [0.25, 0.3) is 5.91 Å². The third-order valence-corrected chi connectivity index (χ3v) is 7.07. The van der Waals surface area contributed by atoms with Gasteiger partial charge in [0.05, 0.1) is 27.5 Å². The van der Waals surface area contributed by atoms with Crippen LogP contribution in [0.1, 0.15) is 47.1 Å². The van der Waals surface area contributed by atoms with Crippen LogP contribution in [0.25, 0.3) is 0 Å². The normalized spacial score (nSPS) is 20.6. The van der Waals surface area contributed by atoms with Gasteiger partial charge in [0.1, 0.15) is 12.1 Å². The molecule has 4 heterocycles. The number of hydrogen-bond donors (Lipinski definition) is 0. The number of carbonyl (C=O) groups is 1. The molecule has 2 aliphatic heterocycles. The van der Waals surface area contributed by atoms with Crippen molar-refractivity contribution in [1.82, 2.24) is 24.8 Å². The molecule has 184 valence electrons. The molecule has 0 aliphatic carbocycles. The Labute approximate surface area is 201 Å². The van der Waals surface area contributed by atoms with Crippen molar-refractivity contribution in [2.75, 3.05) is 37.6 Å². The van der Waals surface area contributed by atoms with Crippen molar-refractivity contribution in [3.8, 4) is 0 Å². The van der Waals surface area contributed by atoms with Crippen LogP contribution in [0.4, 0.5) is 19.0 Å². The number of alkyl halides is 3. The minimum atomic E-state index is -4.47. The van der Waals surface area contributed by atoms with Crippen LogP contribution in [0.5, 0.6) is 0 Å². The maximum Gasteiger partial charge on any atom is 0.417 e. The summed E-state index contributed by atoms with van der Waals surface area (Å²) in [6.07, 6.45) is -0.427. The number of amides is 1. The quantitative estimate of drug-likeness (QED) is 0.640. The second-order valence-electron chi connectivity index (χ2n) is 9.01. The third kappa shape index (κ3) is 4.98. The van der Waals surface area contributed by atoms with E-state index in [0.29, 0.717) is 48.4 Å². The maximum atomic E-state index is 13.0. The van der Waals surface area contributed by atoms with Crippen molar-refractivity contribution in [3.63, 3.8) is 0 Å². The van der Waals surface area contributed by atoms with E-state index in [0.717, 1.165) is 38.2 Å².